The Kier molecular flexibility index (Phi) is 2.24. The molecule has 0 spiro atoms. The first kappa shape index (κ1) is 7.50. The van der Waals surface area contributed by atoms with Gasteiger partial charge in [0.05, 0.1) is 7.11 Å². The summed E-state index contributed by atoms with van der Waals surface area (Å²) in [6.07, 6.45) is 0.747. The second-order valence-corrected chi connectivity index (χ2v) is 2.34. The van der Waals surface area contributed by atoms with Crippen molar-refractivity contribution in [2.75, 3.05) is 7.11 Å². The monoisotopic (exact) mass is 145 g/mol. The van der Waals surface area contributed by atoms with Crippen molar-refractivity contribution < 1.29 is 14.6 Å². The van der Waals surface area contributed by atoms with Crippen LogP contribution in [-0.2, 0) is 9.53 Å². The second-order valence-electron chi connectivity index (χ2n) is 2.34. The van der Waals surface area contributed by atoms with Gasteiger partial charge in [-0.2, -0.15) is 0 Å². The Labute approximate surface area is 59.2 Å². The Balaban J connectivity index is 2.37. The maximum atomic E-state index is 10.8. The normalized spacial score (nSPS) is 32.2. The van der Waals surface area contributed by atoms with Crippen molar-refractivity contribution >= 4 is 5.97 Å². The molecule has 4 nitrogen and oxygen atoms in total. The Morgan fingerprint density at radius 2 is 2.40 bits per heavy atom. The molecule has 1 aliphatic rings. The molecule has 0 saturated carbocycles. The standard InChI is InChI=1S/C6H11NO3/c1-10-6(9)4-2-3-5(8)7-4/h4-5,7-8H,2-3H2,1H3/t4-,5+/m0/s1. The van der Waals surface area contributed by atoms with Crippen LogP contribution in [-0.4, -0.2) is 30.5 Å². The highest BCUT2D eigenvalue weighted by molar-refractivity contribution is 5.75. The highest BCUT2D eigenvalue weighted by Crippen LogP contribution is 2.10. The number of esters is 1. The number of ether oxygens (including phenoxy) is 1. The van der Waals surface area contributed by atoms with Gasteiger partial charge in [0, 0.05) is 0 Å². The predicted octanol–water partition coefficient (Wildman–Crippen LogP) is -0.770. The van der Waals surface area contributed by atoms with Crippen LogP contribution in [0.15, 0.2) is 0 Å². The first-order valence-corrected chi connectivity index (χ1v) is 3.26. The Bertz CT molecular complexity index is 137. The zero-order valence-electron chi connectivity index (χ0n) is 5.83. The lowest BCUT2D eigenvalue weighted by Crippen LogP contribution is -2.35. The Morgan fingerprint density at radius 1 is 1.70 bits per heavy atom. The molecule has 0 aromatic rings. The van der Waals surface area contributed by atoms with E-state index in [1.54, 1.807) is 0 Å². The summed E-state index contributed by atoms with van der Waals surface area (Å²) in [5.74, 6) is -0.295. The fourth-order valence-electron chi connectivity index (χ4n) is 1.05. The summed E-state index contributed by atoms with van der Waals surface area (Å²) in [5, 5.41) is 11.6. The van der Waals surface area contributed by atoms with Crippen molar-refractivity contribution in [1.29, 1.82) is 0 Å². The molecule has 0 unspecified atom stereocenters. The van der Waals surface area contributed by atoms with Crippen LogP contribution in [0.5, 0.6) is 0 Å². The van der Waals surface area contributed by atoms with Gasteiger partial charge >= 0.3 is 5.97 Å². The van der Waals surface area contributed by atoms with Gasteiger partial charge in [0.2, 0.25) is 0 Å². The number of carbonyl (C=O) groups is 1. The van der Waals surface area contributed by atoms with E-state index < -0.39 is 6.23 Å². The number of methoxy groups -OCH3 is 1. The molecule has 10 heavy (non-hydrogen) atoms. The van der Waals surface area contributed by atoms with Gasteiger partial charge in [-0.15, -0.1) is 0 Å². The molecule has 1 saturated heterocycles. The third-order valence-corrected chi connectivity index (χ3v) is 1.61. The van der Waals surface area contributed by atoms with E-state index in [-0.39, 0.29) is 12.0 Å². The van der Waals surface area contributed by atoms with E-state index in [1.807, 2.05) is 0 Å². The van der Waals surface area contributed by atoms with E-state index in [1.165, 1.54) is 7.11 Å². The SMILES string of the molecule is COC(=O)[C@@H]1CC[C@@H](O)N1. The number of aliphatic hydroxyl groups is 1. The average Bonchev–Trinajstić information content (AvgIpc) is 2.34. The van der Waals surface area contributed by atoms with Gasteiger partial charge in [-0.25, -0.2) is 0 Å². The number of hydrogen-bond donors (Lipinski definition) is 2. The fraction of sp³-hybridized carbons (Fsp3) is 0.833. The van der Waals surface area contributed by atoms with E-state index in [4.69, 9.17) is 5.11 Å². The molecule has 1 fully saturated rings. The van der Waals surface area contributed by atoms with Gasteiger partial charge < -0.3 is 9.84 Å². The van der Waals surface area contributed by atoms with Crippen LogP contribution in [0.25, 0.3) is 0 Å². The summed E-state index contributed by atoms with van der Waals surface area (Å²) in [4.78, 5) is 10.8. The lowest BCUT2D eigenvalue weighted by Gasteiger charge is -2.07. The molecule has 0 aromatic carbocycles. The van der Waals surface area contributed by atoms with Crippen molar-refractivity contribution in [3.05, 3.63) is 0 Å². The summed E-state index contributed by atoms with van der Waals surface area (Å²) in [5.41, 5.74) is 0. The predicted molar refractivity (Wildman–Crippen MR) is 34.2 cm³/mol. The zero-order chi connectivity index (χ0) is 7.56. The van der Waals surface area contributed by atoms with Crippen molar-refractivity contribution in [3.8, 4) is 0 Å². The molecule has 2 atom stereocenters. The second kappa shape index (κ2) is 2.98. The molecule has 4 heteroatoms. The maximum absolute atomic E-state index is 10.8. The average molecular weight is 145 g/mol. The van der Waals surface area contributed by atoms with Crippen molar-refractivity contribution in [2.24, 2.45) is 0 Å². The maximum Gasteiger partial charge on any atom is 0.322 e. The number of carbonyl (C=O) groups excluding carboxylic acids is 1. The molecule has 0 radical (unpaired) electrons. The van der Waals surface area contributed by atoms with E-state index >= 15 is 0 Å². The largest absolute Gasteiger partial charge is 0.468 e. The third kappa shape index (κ3) is 1.46. The quantitative estimate of drug-likeness (QED) is 0.476. The molecule has 1 heterocycles. The molecule has 1 rings (SSSR count). The molecule has 2 N–H and O–H groups in total. The van der Waals surface area contributed by atoms with Gasteiger partial charge in [-0.05, 0) is 12.8 Å². The van der Waals surface area contributed by atoms with E-state index in [0.29, 0.717) is 12.8 Å². The van der Waals surface area contributed by atoms with Crippen LogP contribution >= 0.6 is 0 Å². The van der Waals surface area contributed by atoms with Crippen LogP contribution in [0.2, 0.25) is 0 Å². The van der Waals surface area contributed by atoms with Crippen LogP contribution in [0.1, 0.15) is 12.8 Å². The summed E-state index contributed by atoms with van der Waals surface area (Å²) in [6.45, 7) is 0. The zero-order valence-corrected chi connectivity index (χ0v) is 5.83. The van der Waals surface area contributed by atoms with Crippen molar-refractivity contribution in [2.45, 2.75) is 25.1 Å². The molecular weight excluding hydrogens is 134 g/mol. The van der Waals surface area contributed by atoms with Crippen LogP contribution in [0, 0.1) is 0 Å². The minimum Gasteiger partial charge on any atom is -0.468 e. The number of hydrogen-bond acceptors (Lipinski definition) is 4. The Hall–Kier alpha value is -0.610. The van der Waals surface area contributed by atoms with Crippen LogP contribution in [0.4, 0.5) is 0 Å². The molecule has 0 amide bonds. The van der Waals surface area contributed by atoms with E-state index in [2.05, 4.69) is 10.1 Å². The van der Waals surface area contributed by atoms with Gasteiger partial charge in [0.25, 0.3) is 0 Å². The fourth-order valence-corrected chi connectivity index (χ4v) is 1.05. The lowest BCUT2D eigenvalue weighted by molar-refractivity contribution is -0.143. The van der Waals surface area contributed by atoms with Crippen LogP contribution < -0.4 is 5.32 Å². The van der Waals surface area contributed by atoms with E-state index in [9.17, 15) is 4.79 Å². The molecule has 0 aliphatic carbocycles. The minimum absolute atomic E-state index is 0.295. The summed E-state index contributed by atoms with van der Waals surface area (Å²) >= 11 is 0. The molecule has 0 aromatic heterocycles. The molecule has 58 valence electrons. The Morgan fingerprint density at radius 3 is 2.80 bits per heavy atom. The van der Waals surface area contributed by atoms with Gasteiger partial charge in [-0.1, -0.05) is 0 Å². The smallest absolute Gasteiger partial charge is 0.322 e. The number of rotatable bonds is 1. The van der Waals surface area contributed by atoms with Crippen molar-refractivity contribution in [3.63, 3.8) is 0 Å². The number of nitrogens with one attached hydrogen (secondary N) is 1. The molecule has 0 bridgehead atoms. The minimum atomic E-state index is -0.538. The topological polar surface area (TPSA) is 58.6 Å². The third-order valence-electron chi connectivity index (χ3n) is 1.61. The summed E-state index contributed by atoms with van der Waals surface area (Å²) in [6, 6.07) is -0.306. The lowest BCUT2D eigenvalue weighted by atomic mass is 10.2. The molecular formula is C6H11NO3. The first-order chi connectivity index (χ1) is 4.74. The summed E-state index contributed by atoms with van der Waals surface area (Å²) in [7, 11) is 1.34. The van der Waals surface area contributed by atoms with E-state index in [0.717, 1.165) is 0 Å². The van der Waals surface area contributed by atoms with Gasteiger partial charge in [0.15, 0.2) is 0 Å². The highest BCUT2D eigenvalue weighted by atomic mass is 16.5. The van der Waals surface area contributed by atoms with Crippen molar-refractivity contribution in [1.82, 2.24) is 5.32 Å². The van der Waals surface area contributed by atoms with Crippen LogP contribution in [0.3, 0.4) is 0 Å². The van der Waals surface area contributed by atoms with Gasteiger partial charge in [-0.3, -0.25) is 10.1 Å². The summed E-state index contributed by atoms with van der Waals surface area (Å²) < 4.78 is 4.47. The number of aliphatic hydroxyl groups excluding tert-OH is 1. The first-order valence-electron chi connectivity index (χ1n) is 3.26. The highest BCUT2D eigenvalue weighted by Gasteiger charge is 2.27. The van der Waals surface area contributed by atoms with Gasteiger partial charge in [0.1, 0.15) is 12.3 Å². The molecule has 1 aliphatic heterocycles.